The standard InChI is InChI=1S/C10H21N3O2/c1-5-8(11)10(15)13(4)6-9(14)12-7(2)3/h7-8H,5-6,11H2,1-4H3,(H,12,14)/t8-/m0/s1. The number of amides is 2. The quantitative estimate of drug-likeness (QED) is 0.661. The highest BCUT2D eigenvalue weighted by molar-refractivity contribution is 5.87. The van der Waals surface area contributed by atoms with E-state index in [9.17, 15) is 9.59 Å². The summed E-state index contributed by atoms with van der Waals surface area (Å²) in [6.07, 6.45) is 0.578. The molecule has 15 heavy (non-hydrogen) atoms. The number of nitrogens with two attached hydrogens (primary N) is 1. The molecule has 2 amide bonds. The molecule has 0 aromatic carbocycles. The zero-order valence-electron chi connectivity index (χ0n) is 9.91. The summed E-state index contributed by atoms with van der Waals surface area (Å²) in [5, 5.41) is 2.71. The second-order valence-corrected chi connectivity index (χ2v) is 3.93. The molecule has 88 valence electrons. The SMILES string of the molecule is CC[C@H](N)C(=O)N(C)CC(=O)NC(C)C. The molecule has 0 aliphatic heterocycles. The molecule has 0 spiro atoms. The number of hydrogen-bond acceptors (Lipinski definition) is 3. The molecule has 0 aromatic rings. The van der Waals surface area contributed by atoms with Crippen LogP contribution in [0.25, 0.3) is 0 Å². The van der Waals surface area contributed by atoms with Gasteiger partial charge in [-0.25, -0.2) is 0 Å². The summed E-state index contributed by atoms with van der Waals surface area (Å²) < 4.78 is 0. The first-order chi connectivity index (χ1) is 6.88. The topological polar surface area (TPSA) is 75.4 Å². The monoisotopic (exact) mass is 215 g/mol. The lowest BCUT2D eigenvalue weighted by molar-refractivity contribution is -0.135. The lowest BCUT2D eigenvalue weighted by Gasteiger charge is -2.20. The van der Waals surface area contributed by atoms with Crippen molar-refractivity contribution in [2.75, 3.05) is 13.6 Å². The highest BCUT2D eigenvalue weighted by Gasteiger charge is 2.18. The van der Waals surface area contributed by atoms with E-state index in [1.165, 1.54) is 4.90 Å². The van der Waals surface area contributed by atoms with Crippen LogP contribution in [0.4, 0.5) is 0 Å². The van der Waals surface area contributed by atoms with E-state index in [0.29, 0.717) is 6.42 Å². The van der Waals surface area contributed by atoms with E-state index in [4.69, 9.17) is 5.73 Å². The van der Waals surface area contributed by atoms with Gasteiger partial charge in [0.15, 0.2) is 0 Å². The predicted octanol–water partition coefficient (Wildman–Crippen LogP) is -0.293. The van der Waals surface area contributed by atoms with E-state index in [-0.39, 0.29) is 24.4 Å². The Bertz CT molecular complexity index is 229. The molecule has 5 nitrogen and oxygen atoms in total. The van der Waals surface area contributed by atoms with Gasteiger partial charge in [0, 0.05) is 13.1 Å². The van der Waals surface area contributed by atoms with Gasteiger partial charge in [-0.05, 0) is 20.3 Å². The van der Waals surface area contributed by atoms with E-state index in [1.807, 2.05) is 20.8 Å². The molecule has 0 aliphatic carbocycles. The minimum Gasteiger partial charge on any atom is -0.352 e. The highest BCUT2D eigenvalue weighted by atomic mass is 16.2. The van der Waals surface area contributed by atoms with Crippen LogP contribution in [0.2, 0.25) is 0 Å². The molecule has 0 rings (SSSR count). The van der Waals surface area contributed by atoms with Crippen molar-refractivity contribution in [1.29, 1.82) is 0 Å². The van der Waals surface area contributed by atoms with Crippen LogP contribution in [-0.4, -0.2) is 42.4 Å². The van der Waals surface area contributed by atoms with E-state index in [2.05, 4.69) is 5.32 Å². The van der Waals surface area contributed by atoms with E-state index in [0.717, 1.165) is 0 Å². The van der Waals surface area contributed by atoms with Gasteiger partial charge in [-0.1, -0.05) is 6.92 Å². The molecule has 0 saturated heterocycles. The van der Waals surface area contributed by atoms with Crippen molar-refractivity contribution in [3.05, 3.63) is 0 Å². The molecule has 0 bridgehead atoms. The Balaban J connectivity index is 4.07. The zero-order chi connectivity index (χ0) is 12.0. The van der Waals surface area contributed by atoms with Crippen LogP contribution >= 0.6 is 0 Å². The van der Waals surface area contributed by atoms with Crippen LogP contribution in [-0.2, 0) is 9.59 Å². The lowest BCUT2D eigenvalue weighted by Crippen LogP contribution is -2.46. The Morgan fingerprint density at radius 3 is 2.33 bits per heavy atom. The van der Waals surface area contributed by atoms with Crippen LogP contribution in [0.1, 0.15) is 27.2 Å². The largest absolute Gasteiger partial charge is 0.352 e. The average molecular weight is 215 g/mol. The molecule has 1 atom stereocenters. The minimum absolute atomic E-state index is 0.0602. The number of carbonyl (C=O) groups is 2. The average Bonchev–Trinajstić information content (AvgIpc) is 2.13. The Hall–Kier alpha value is -1.10. The first-order valence-corrected chi connectivity index (χ1v) is 5.18. The highest BCUT2D eigenvalue weighted by Crippen LogP contribution is 1.94. The van der Waals surface area contributed by atoms with Gasteiger partial charge in [-0.15, -0.1) is 0 Å². The summed E-state index contributed by atoms with van der Waals surface area (Å²) in [6.45, 7) is 5.64. The summed E-state index contributed by atoms with van der Waals surface area (Å²) in [4.78, 5) is 24.2. The van der Waals surface area contributed by atoms with Crippen LogP contribution in [0.3, 0.4) is 0 Å². The number of rotatable bonds is 5. The second kappa shape index (κ2) is 6.40. The van der Waals surface area contributed by atoms with Crippen molar-refractivity contribution < 1.29 is 9.59 Å². The number of nitrogens with zero attached hydrogens (tertiary/aromatic N) is 1. The number of carbonyl (C=O) groups excluding carboxylic acids is 2. The molecule has 5 heteroatoms. The van der Waals surface area contributed by atoms with Gasteiger partial charge < -0.3 is 16.0 Å². The normalized spacial score (nSPS) is 12.4. The molecular weight excluding hydrogens is 194 g/mol. The molecule has 3 N–H and O–H groups in total. The van der Waals surface area contributed by atoms with Crippen molar-refractivity contribution in [2.45, 2.75) is 39.3 Å². The molecule has 0 fully saturated rings. The number of nitrogens with one attached hydrogen (secondary N) is 1. The Labute approximate surface area is 91.0 Å². The fraction of sp³-hybridized carbons (Fsp3) is 0.800. The Morgan fingerprint density at radius 1 is 1.40 bits per heavy atom. The molecule has 0 aromatic heterocycles. The van der Waals surface area contributed by atoms with Crippen molar-refractivity contribution >= 4 is 11.8 Å². The van der Waals surface area contributed by atoms with E-state index >= 15 is 0 Å². The third-order valence-electron chi connectivity index (χ3n) is 1.96. The maximum Gasteiger partial charge on any atom is 0.239 e. The zero-order valence-corrected chi connectivity index (χ0v) is 9.91. The van der Waals surface area contributed by atoms with Gasteiger partial charge in [0.2, 0.25) is 11.8 Å². The second-order valence-electron chi connectivity index (χ2n) is 3.93. The minimum atomic E-state index is -0.512. The van der Waals surface area contributed by atoms with Gasteiger partial charge in [-0.3, -0.25) is 9.59 Å². The van der Waals surface area contributed by atoms with Crippen molar-refractivity contribution in [3.63, 3.8) is 0 Å². The third kappa shape index (κ3) is 5.37. The molecule has 0 aliphatic rings. The predicted molar refractivity (Wildman–Crippen MR) is 59.2 cm³/mol. The smallest absolute Gasteiger partial charge is 0.239 e. The maximum atomic E-state index is 11.5. The molecule has 0 saturated carbocycles. The summed E-state index contributed by atoms with van der Waals surface area (Å²) in [6, 6.07) is -0.428. The Kier molecular flexibility index (Phi) is 5.93. The summed E-state index contributed by atoms with van der Waals surface area (Å²) in [5.41, 5.74) is 5.57. The van der Waals surface area contributed by atoms with Crippen molar-refractivity contribution in [3.8, 4) is 0 Å². The molecular formula is C10H21N3O2. The Morgan fingerprint density at radius 2 is 1.93 bits per heavy atom. The van der Waals surface area contributed by atoms with Crippen LogP contribution in [0, 0.1) is 0 Å². The molecule has 0 heterocycles. The van der Waals surface area contributed by atoms with Crippen LogP contribution < -0.4 is 11.1 Å². The van der Waals surface area contributed by atoms with Gasteiger partial charge in [0.25, 0.3) is 0 Å². The van der Waals surface area contributed by atoms with Gasteiger partial charge in [0.05, 0.1) is 12.6 Å². The summed E-state index contributed by atoms with van der Waals surface area (Å²) in [7, 11) is 1.58. The van der Waals surface area contributed by atoms with Crippen LogP contribution in [0.15, 0.2) is 0 Å². The summed E-state index contributed by atoms with van der Waals surface area (Å²) >= 11 is 0. The summed E-state index contributed by atoms with van der Waals surface area (Å²) in [5.74, 6) is -0.361. The maximum absolute atomic E-state index is 11.5. The van der Waals surface area contributed by atoms with Gasteiger partial charge in [-0.2, -0.15) is 0 Å². The third-order valence-corrected chi connectivity index (χ3v) is 1.96. The number of hydrogen-bond donors (Lipinski definition) is 2. The first-order valence-electron chi connectivity index (χ1n) is 5.18. The lowest BCUT2D eigenvalue weighted by atomic mass is 10.2. The van der Waals surface area contributed by atoms with Gasteiger partial charge >= 0.3 is 0 Å². The van der Waals surface area contributed by atoms with Crippen molar-refractivity contribution in [2.24, 2.45) is 5.73 Å². The fourth-order valence-electron chi connectivity index (χ4n) is 1.12. The first kappa shape index (κ1) is 13.9. The number of likely N-dealkylation sites (N-methyl/N-ethyl adjacent to an activating group) is 1. The molecule has 0 radical (unpaired) electrons. The van der Waals surface area contributed by atoms with E-state index in [1.54, 1.807) is 7.05 Å². The molecule has 0 unspecified atom stereocenters. The fourth-order valence-corrected chi connectivity index (χ4v) is 1.12. The van der Waals surface area contributed by atoms with Gasteiger partial charge in [0.1, 0.15) is 0 Å². The van der Waals surface area contributed by atoms with E-state index < -0.39 is 6.04 Å². The van der Waals surface area contributed by atoms with Crippen molar-refractivity contribution in [1.82, 2.24) is 10.2 Å². The van der Waals surface area contributed by atoms with Crippen LogP contribution in [0.5, 0.6) is 0 Å².